The second kappa shape index (κ2) is 6.13. The first-order valence-electron chi connectivity index (χ1n) is 6.58. The summed E-state index contributed by atoms with van der Waals surface area (Å²) in [4.78, 5) is 1.53. The fourth-order valence-electron chi connectivity index (χ4n) is 2.06. The minimum absolute atomic E-state index is 0.339. The number of rotatable bonds is 5. The van der Waals surface area contributed by atoms with Crippen LogP contribution in [0.4, 0.5) is 0 Å². The van der Waals surface area contributed by atoms with Gasteiger partial charge in [-0.05, 0) is 20.8 Å². The van der Waals surface area contributed by atoms with Crippen LogP contribution in [0.15, 0.2) is 24.3 Å². The van der Waals surface area contributed by atoms with Crippen molar-refractivity contribution in [2.45, 2.75) is 39.8 Å². The molecule has 6 heteroatoms. The van der Waals surface area contributed by atoms with Crippen LogP contribution in [0, 0.1) is 6.92 Å². The number of nitrogens with one attached hydrogen (secondary N) is 1. The number of aliphatic hydroxyl groups excluding tert-OH is 2. The molecule has 0 aliphatic heterocycles. The van der Waals surface area contributed by atoms with Crippen molar-refractivity contribution < 1.29 is 10.2 Å². The molecule has 0 aliphatic carbocycles. The van der Waals surface area contributed by atoms with Crippen molar-refractivity contribution in [2.24, 2.45) is 0 Å². The summed E-state index contributed by atoms with van der Waals surface area (Å²) in [6.07, 6.45) is -1.52. The first-order valence-corrected chi connectivity index (χ1v) is 6.58. The molecule has 0 saturated heterocycles. The number of benzene rings is 1. The summed E-state index contributed by atoms with van der Waals surface area (Å²) in [7, 11) is 0. The number of aromatic nitrogens is 3. The minimum Gasteiger partial charge on any atom is -0.379 e. The van der Waals surface area contributed by atoms with Gasteiger partial charge in [0, 0.05) is 12.1 Å². The molecule has 20 heavy (non-hydrogen) atoms. The normalized spacial score (nSPS) is 14.5. The van der Waals surface area contributed by atoms with Crippen LogP contribution in [0.2, 0.25) is 0 Å². The van der Waals surface area contributed by atoms with Crippen molar-refractivity contribution in [1.82, 2.24) is 20.3 Å². The summed E-state index contributed by atoms with van der Waals surface area (Å²) in [5, 5.41) is 30.1. The van der Waals surface area contributed by atoms with Gasteiger partial charge in [-0.15, -0.1) is 5.10 Å². The van der Waals surface area contributed by atoms with Gasteiger partial charge in [-0.3, -0.25) is 5.10 Å². The fraction of sp³-hybridized carbons (Fsp3) is 0.429. The molecule has 108 valence electrons. The maximum Gasteiger partial charge on any atom is 0.117 e. The van der Waals surface area contributed by atoms with E-state index in [0.717, 1.165) is 17.0 Å². The predicted octanol–water partition coefficient (Wildman–Crippen LogP) is 1.26. The first kappa shape index (κ1) is 14.6. The quantitative estimate of drug-likeness (QED) is 0.716. The van der Waals surface area contributed by atoms with E-state index in [1.165, 1.54) is 10.5 Å². The molecule has 0 saturated carbocycles. The molecule has 0 aliphatic rings. The molecule has 6 nitrogen and oxygen atoms in total. The smallest absolute Gasteiger partial charge is 0.117 e. The molecule has 1 aromatic carbocycles. The number of aromatic amines is 1. The lowest BCUT2D eigenvalue weighted by Crippen LogP contribution is -2.39. The van der Waals surface area contributed by atoms with Crippen LogP contribution < -0.4 is 0 Å². The lowest BCUT2D eigenvalue weighted by Gasteiger charge is -2.27. The highest BCUT2D eigenvalue weighted by atomic mass is 16.3. The average Bonchev–Trinajstić information content (AvgIpc) is 2.84. The van der Waals surface area contributed by atoms with E-state index in [1.54, 1.807) is 13.8 Å². The molecule has 0 radical (unpaired) electrons. The Morgan fingerprint density at radius 3 is 2.30 bits per heavy atom. The second-order valence-electron chi connectivity index (χ2n) is 4.94. The molecular formula is C14H20N4O2. The molecule has 0 fully saturated rings. The molecule has 2 unspecified atom stereocenters. The van der Waals surface area contributed by atoms with Crippen molar-refractivity contribution in [2.75, 3.05) is 0 Å². The van der Waals surface area contributed by atoms with E-state index in [-0.39, 0.29) is 0 Å². The summed E-state index contributed by atoms with van der Waals surface area (Å²) in [6, 6.07) is 7.97. The van der Waals surface area contributed by atoms with Crippen molar-refractivity contribution in [3.63, 3.8) is 0 Å². The van der Waals surface area contributed by atoms with E-state index in [0.29, 0.717) is 6.54 Å². The number of hydrogen-bond donors (Lipinski definition) is 3. The number of hydrogen-bond acceptors (Lipinski definition) is 5. The van der Waals surface area contributed by atoms with E-state index < -0.39 is 12.5 Å². The molecule has 3 N–H and O–H groups in total. The Bertz CT molecular complexity index is 541. The van der Waals surface area contributed by atoms with E-state index >= 15 is 0 Å². The Balaban J connectivity index is 2.26. The third kappa shape index (κ3) is 3.22. The summed E-state index contributed by atoms with van der Waals surface area (Å²) in [6.45, 7) is 5.59. The van der Waals surface area contributed by atoms with E-state index in [2.05, 4.69) is 15.4 Å². The zero-order valence-electron chi connectivity index (χ0n) is 11.9. The molecule has 2 aromatic rings. The maximum atomic E-state index is 9.69. The molecule has 2 rings (SSSR count). The molecule has 0 amide bonds. The predicted molar refractivity (Wildman–Crippen MR) is 75.5 cm³/mol. The Hall–Kier alpha value is -1.76. The molecule has 1 aromatic heterocycles. The Kier molecular flexibility index (Phi) is 4.49. The lowest BCUT2D eigenvalue weighted by atomic mass is 10.1. The van der Waals surface area contributed by atoms with Crippen molar-refractivity contribution in [1.29, 1.82) is 0 Å². The molecule has 0 bridgehead atoms. The van der Waals surface area contributed by atoms with Gasteiger partial charge in [-0.1, -0.05) is 35.0 Å². The fourth-order valence-corrected chi connectivity index (χ4v) is 2.06. The maximum absolute atomic E-state index is 9.69. The third-order valence-corrected chi connectivity index (χ3v) is 3.25. The zero-order valence-corrected chi connectivity index (χ0v) is 11.9. The van der Waals surface area contributed by atoms with Gasteiger partial charge in [0.15, 0.2) is 0 Å². The van der Waals surface area contributed by atoms with Gasteiger partial charge in [0.25, 0.3) is 0 Å². The van der Waals surface area contributed by atoms with Crippen LogP contribution in [-0.4, -0.2) is 43.0 Å². The monoisotopic (exact) mass is 276 g/mol. The molecule has 1 heterocycles. The standard InChI is InChI=1S/C14H20N4O2/c1-9-4-6-12(7-5-9)14-13(15-17-16-14)8-18(10(2)19)11(3)20/h4-7,10-11,19-20H,8H2,1-3H3,(H,15,16,17). The van der Waals surface area contributed by atoms with Crippen LogP contribution >= 0.6 is 0 Å². The number of aryl methyl sites for hydroxylation is 1. The largest absolute Gasteiger partial charge is 0.379 e. The summed E-state index contributed by atoms with van der Waals surface area (Å²) in [5.74, 6) is 0. The minimum atomic E-state index is -0.760. The van der Waals surface area contributed by atoms with Crippen molar-refractivity contribution in [3.05, 3.63) is 35.5 Å². The Morgan fingerprint density at radius 1 is 1.15 bits per heavy atom. The van der Waals surface area contributed by atoms with Crippen LogP contribution in [-0.2, 0) is 6.54 Å². The lowest BCUT2D eigenvalue weighted by molar-refractivity contribution is -0.0902. The molecule has 0 spiro atoms. The van der Waals surface area contributed by atoms with Gasteiger partial charge in [-0.2, -0.15) is 0 Å². The van der Waals surface area contributed by atoms with Crippen molar-refractivity contribution >= 4 is 0 Å². The highest BCUT2D eigenvalue weighted by Gasteiger charge is 2.20. The highest BCUT2D eigenvalue weighted by molar-refractivity contribution is 5.61. The van der Waals surface area contributed by atoms with Crippen LogP contribution in [0.1, 0.15) is 25.1 Å². The molecule has 2 atom stereocenters. The van der Waals surface area contributed by atoms with E-state index in [4.69, 9.17) is 0 Å². The van der Waals surface area contributed by atoms with E-state index in [9.17, 15) is 10.2 Å². The summed E-state index contributed by atoms with van der Waals surface area (Å²) >= 11 is 0. The SMILES string of the molecule is Cc1ccc(-c2nn[nH]c2CN(C(C)O)C(C)O)cc1. The van der Waals surface area contributed by atoms with Gasteiger partial charge in [0.05, 0.1) is 5.69 Å². The Labute approximate surface area is 118 Å². The highest BCUT2D eigenvalue weighted by Crippen LogP contribution is 2.22. The van der Waals surface area contributed by atoms with Gasteiger partial charge in [-0.25, -0.2) is 4.90 Å². The summed E-state index contributed by atoms with van der Waals surface area (Å²) < 4.78 is 0. The molecular weight excluding hydrogens is 256 g/mol. The third-order valence-electron chi connectivity index (χ3n) is 3.25. The number of nitrogens with zero attached hydrogens (tertiary/aromatic N) is 3. The summed E-state index contributed by atoms with van der Waals surface area (Å²) in [5.41, 5.74) is 3.62. The van der Waals surface area contributed by atoms with Crippen LogP contribution in [0.25, 0.3) is 11.3 Å². The van der Waals surface area contributed by atoms with Gasteiger partial charge < -0.3 is 10.2 Å². The van der Waals surface area contributed by atoms with Gasteiger partial charge >= 0.3 is 0 Å². The van der Waals surface area contributed by atoms with Gasteiger partial charge in [0.2, 0.25) is 0 Å². The van der Waals surface area contributed by atoms with Crippen LogP contribution in [0.5, 0.6) is 0 Å². The van der Waals surface area contributed by atoms with E-state index in [1.807, 2.05) is 31.2 Å². The Morgan fingerprint density at radius 2 is 1.75 bits per heavy atom. The number of H-pyrrole nitrogens is 1. The topological polar surface area (TPSA) is 85.3 Å². The average molecular weight is 276 g/mol. The second-order valence-corrected chi connectivity index (χ2v) is 4.94. The van der Waals surface area contributed by atoms with Gasteiger partial charge in [0.1, 0.15) is 18.1 Å². The number of aliphatic hydroxyl groups is 2. The first-order chi connectivity index (χ1) is 9.49. The van der Waals surface area contributed by atoms with Crippen LogP contribution in [0.3, 0.4) is 0 Å². The van der Waals surface area contributed by atoms with Crippen molar-refractivity contribution in [3.8, 4) is 11.3 Å². The zero-order chi connectivity index (χ0) is 14.7.